The van der Waals surface area contributed by atoms with Gasteiger partial charge in [0, 0.05) is 41.2 Å². The van der Waals surface area contributed by atoms with Gasteiger partial charge in [0.2, 0.25) is 0 Å². The number of thiazole rings is 1. The van der Waals surface area contributed by atoms with Crippen LogP contribution in [0.5, 0.6) is 0 Å². The molecule has 1 saturated heterocycles. The van der Waals surface area contributed by atoms with Gasteiger partial charge in [-0.3, -0.25) is 9.59 Å². The Kier molecular flexibility index (Phi) is 8.42. The molecule has 1 aliphatic rings. The third kappa shape index (κ3) is 5.71. The van der Waals surface area contributed by atoms with Crippen LogP contribution < -0.4 is 5.32 Å². The first kappa shape index (κ1) is 24.5. The number of nitrogens with zero attached hydrogens (tertiary/aromatic N) is 3. The van der Waals surface area contributed by atoms with E-state index in [2.05, 4.69) is 21.9 Å². The molecule has 0 radical (unpaired) electrons. The number of rotatable bonds is 8. The van der Waals surface area contributed by atoms with Gasteiger partial charge in [0.25, 0.3) is 11.8 Å². The Morgan fingerprint density at radius 2 is 2.03 bits per heavy atom. The normalized spacial score (nSPS) is 14.1. The number of benzene rings is 1. The van der Waals surface area contributed by atoms with Gasteiger partial charge in [0.05, 0.1) is 16.3 Å². The molecule has 0 aliphatic carbocycles. The van der Waals surface area contributed by atoms with E-state index >= 15 is 0 Å². The Balaban J connectivity index is 1.37. The number of aromatic nitrogens is 2. The van der Waals surface area contributed by atoms with E-state index in [0.717, 1.165) is 33.5 Å². The van der Waals surface area contributed by atoms with Gasteiger partial charge in [0.1, 0.15) is 10.7 Å². The molecule has 1 aliphatic heterocycles. The van der Waals surface area contributed by atoms with Crippen molar-refractivity contribution in [2.45, 2.75) is 28.7 Å². The van der Waals surface area contributed by atoms with Gasteiger partial charge in [-0.05, 0) is 43.4 Å². The van der Waals surface area contributed by atoms with Crippen molar-refractivity contribution >= 4 is 52.4 Å². The minimum atomic E-state index is -0.197. The summed E-state index contributed by atoms with van der Waals surface area (Å²) in [5.41, 5.74) is 1.88. The lowest BCUT2D eigenvalue weighted by Gasteiger charge is -2.31. The van der Waals surface area contributed by atoms with Crippen molar-refractivity contribution in [3.8, 4) is 0 Å². The van der Waals surface area contributed by atoms with Crippen molar-refractivity contribution in [2.24, 2.45) is 0 Å². The topological polar surface area (TPSA) is 75.2 Å². The van der Waals surface area contributed by atoms with Crippen LogP contribution in [0.2, 0.25) is 0 Å². The number of pyridine rings is 1. The highest BCUT2D eigenvalue weighted by atomic mass is 32.2. The maximum Gasteiger partial charge on any atom is 0.275 e. The molecule has 176 valence electrons. The summed E-state index contributed by atoms with van der Waals surface area (Å²) in [6, 6.07) is 11.4. The summed E-state index contributed by atoms with van der Waals surface area (Å²) in [6.07, 6.45) is 7.15. The molecule has 2 aromatic heterocycles. The Bertz CT molecular complexity index is 1170. The molecule has 0 atom stereocenters. The van der Waals surface area contributed by atoms with E-state index in [1.165, 1.54) is 23.1 Å². The highest BCUT2D eigenvalue weighted by Gasteiger charge is 2.28. The first-order valence-corrected chi connectivity index (χ1v) is 14.1. The van der Waals surface area contributed by atoms with Crippen molar-refractivity contribution in [3.63, 3.8) is 0 Å². The maximum absolute atomic E-state index is 13.1. The smallest absolute Gasteiger partial charge is 0.275 e. The Morgan fingerprint density at radius 3 is 2.79 bits per heavy atom. The van der Waals surface area contributed by atoms with Crippen LogP contribution >= 0.6 is 34.9 Å². The monoisotopic (exact) mass is 510 g/mol. The first-order valence-electron chi connectivity index (χ1n) is 11.0. The van der Waals surface area contributed by atoms with Gasteiger partial charge < -0.3 is 10.2 Å². The lowest BCUT2D eigenvalue weighted by molar-refractivity contribution is 0.0708. The molecule has 1 aromatic carbocycles. The summed E-state index contributed by atoms with van der Waals surface area (Å²) in [7, 11) is 0. The first-order chi connectivity index (χ1) is 16.6. The summed E-state index contributed by atoms with van der Waals surface area (Å²) in [6.45, 7) is 5.06. The van der Waals surface area contributed by atoms with Crippen LogP contribution in [-0.4, -0.2) is 51.8 Å². The van der Waals surface area contributed by atoms with Gasteiger partial charge in [-0.1, -0.05) is 18.2 Å². The Labute approximate surface area is 212 Å². The zero-order chi connectivity index (χ0) is 23.9. The second-order valence-electron chi connectivity index (χ2n) is 7.75. The molecule has 0 saturated carbocycles. The van der Waals surface area contributed by atoms with E-state index in [4.69, 9.17) is 0 Å². The molecule has 0 spiro atoms. The summed E-state index contributed by atoms with van der Waals surface area (Å²) in [5, 5.41) is 6.49. The average Bonchev–Trinajstić information content (AvgIpc) is 3.38. The van der Waals surface area contributed by atoms with Crippen LogP contribution in [0, 0.1) is 0 Å². The van der Waals surface area contributed by atoms with Crippen molar-refractivity contribution in [1.29, 1.82) is 0 Å². The molecule has 1 N–H and O–H groups in total. The number of anilines is 1. The van der Waals surface area contributed by atoms with Crippen molar-refractivity contribution < 1.29 is 9.59 Å². The molecule has 34 heavy (non-hydrogen) atoms. The number of carbonyl (C=O) groups excluding carboxylic acids is 2. The van der Waals surface area contributed by atoms with Gasteiger partial charge in [-0.15, -0.1) is 41.4 Å². The van der Waals surface area contributed by atoms with E-state index < -0.39 is 0 Å². The second kappa shape index (κ2) is 11.7. The third-order valence-corrected chi connectivity index (χ3v) is 8.38. The number of carbonyl (C=O) groups is 2. The van der Waals surface area contributed by atoms with Crippen LogP contribution in [-0.2, 0) is 0 Å². The predicted octanol–water partition coefficient (Wildman–Crippen LogP) is 5.81. The number of hydrogen-bond acceptors (Lipinski definition) is 7. The molecular weight excluding hydrogens is 485 g/mol. The van der Waals surface area contributed by atoms with Crippen LogP contribution in [0.15, 0.2) is 70.6 Å². The summed E-state index contributed by atoms with van der Waals surface area (Å²) >= 11 is 4.63. The lowest BCUT2D eigenvalue weighted by atomic mass is 9.97. The number of piperidine rings is 1. The molecule has 3 heterocycles. The number of hydrogen-bond donors (Lipinski definition) is 1. The fourth-order valence-corrected chi connectivity index (χ4v) is 6.07. The van der Waals surface area contributed by atoms with E-state index in [1.54, 1.807) is 24.0 Å². The standard InChI is InChI=1S/C25H26N4O2S3/c1-3-15-33-24-18(7-6-12-26-24)25(31)29-13-10-17(11-14-29)23-28-20(16-34-23)22(30)27-19-8-4-5-9-21(19)32-2/h3-9,12,16-17H,1,10-11,13-15H2,2H3,(H,27,30). The summed E-state index contributed by atoms with van der Waals surface area (Å²) < 4.78 is 0. The van der Waals surface area contributed by atoms with Crippen molar-refractivity contribution in [2.75, 3.05) is 30.4 Å². The highest BCUT2D eigenvalue weighted by molar-refractivity contribution is 7.99. The Morgan fingerprint density at radius 1 is 1.24 bits per heavy atom. The van der Waals surface area contributed by atoms with E-state index in [-0.39, 0.29) is 17.7 Å². The molecular formula is C25H26N4O2S3. The van der Waals surface area contributed by atoms with E-state index in [1.807, 2.05) is 52.9 Å². The number of thioether (sulfide) groups is 2. The molecule has 0 bridgehead atoms. The molecule has 3 aromatic rings. The van der Waals surface area contributed by atoms with Gasteiger partial charge in [-0.25, -0.2) is 9.97 Å². The molecule has 2 amide bonds. The quantitative estimate of drug-likeness (QED) is 0.304. The van der Waals surface area contributed by atoms with E-state index in [0.29, 0.717) is 30.1 Å². The molecule has 4 rings (SSSR count). The lowest BCUT2D eigenvalue weighted by Crippen LogP contribution is -2.38. The fraction of sp³-hybridized carbons (Fsp3) is 0.280. The van der Waals surface area contributed by atoms with Crippen molar-refractivity contribution in [1.82, 2.24) is 14.9 Å². The maximum atomic E-state index is 13.1. The minimum absolute atomic E-state index is 0.0183. The number of likely N-dealkylation sites (tertiary alicyclic amines) is 1. The second-order valence-corrected chi connectivity index (χ2v) is 10.5. The minimum Gasteiger partial charge on any atom is -0.339 e. The van der Waals surface area contributed by atoms with Crippen LogP contribution in [0.25, 0.3) is 0 Å². The average molecular weight is 511 g/mol. The SMILES string of the molecule is C=CCSc1ncccc1C(=O)N1CCC(c2nc(C(=O)Nc3ccccc3SC)cs2)CC1. The molecule has 6 nitrogen and oxygen atoms in total. The number of nitrogens with one attached hydrogen (secondary N) is 1. The number of para-hydroxylation sites is 1. The largest absolute Gasteiger partial charge is 0.339 e. The van der Waals surface area contributed by atoms with Crippen LogP contribution in [0.1, 0.15) is 44.6 Å². The predicted molar refractivity (Wildman–Crippen MR) is 141 cm³/mol. The Hall–Kier alpha value is -2.62. The zero-order valence-electron chi connectivity index (χ0n) is 18.9. The van der Waals surface area contributed by atoms with Gasteiger partial charge in [-0.2, -0.15) is 0 Å². The van der Waals surface area contributed by atoms with Crippen LogP contribution in [0.3, 0.4) is 0 Å². The summed E-state index contributed by atoms with van der Waals surface area (Å²) in [5.74, 6) is 0.780. The fourth-order valence-electron chi connectivity index (χ4n) is 3.82. The van der Waals surface area contributed by atoms with E-state index in [9.17, 15) is 9.59 Å². The third-order valence-electron chi connectivity index (χ3n) is 5.58. The highest BCUT2D eigenvalue weighted by Crippen LogP contribution is 2.32. The summed E-state index contributed by atoms with van der Waals surface area (Å²) in [4.78, 5) is 37.8. The van der Waals surface area contributed by atoms with Gasteiger partial charge >= 0.3 is 0 Å². The zero-order valence-corrected chi connectivity index (χ0v) is 21.3. The van der Waals surface area contributed by atoms with Crippen LogP contribution in [0.4, 0.5) is 5.69 Å². The number of amides is 2. The molecule has 1 fully saturated rings. The van der Waals surface area contributed by atoms with Crippen molar-refractivity contribution in [3.05, 3.63) is 76.9 Å². The van der Waals surface area contributed by atoms with Gasteiger partial charge in [0.15, 0.2) is 0 Å². The molecule has 0 unspecified atom stereocenters. The molecule has 9 heteroatoms.